The highest BCUT2D eigenvalue weighted by molar-refractivity contribution is 7.10. The lowest BCUT2D eigenvalue weighted by atomic mass is 9.70. The summed E-state index contributed by atoms with van der Waals surface area (Å²) in [4.78, 5) is 23.8. The molecule has 1 saturated heterocycles. The van der Waals surface area contributed by atoms with Gasteiger partial charge in [0.15, 0.2) is 5.96 Å². The van der Waals surface area contributed by atoms with Crippen LogP contribution in [0.2, 0.25) is 0 Å². The molecule has 1 aromatic carbocycles. The SMILES string of the molecule is CN1C(=O)[C@@H](C2CCN(C3CCCC3)CC2)[C@@](C)(c2cc(-c3cccc(C#N)c3)cs2)N=C1N. The molecule has 2 atom stereocenters. The number of piperidine rings is 1. The Kier molecular flexibility index (Phi) is 6.22. The number of carbonyl (C=O) groups excluding carboxylic acids is 1. The van der Waals surface area contributed by atoms with Gasteiger partial charge in [-0.25, -0.2) is 4.99 Å². The molecule has 0 bridgehead atoms. The summed E-state index contributed by atoms with van der Waals surface area (Å²) in [5, 5.41) is 11.4. The van der Waals surface area contributed by atoms with E-state index < -0.39 is 5.54 Å². The number of hydrogen-bond donors (Lipinski definition) is 1. The number of nitrogens with zero attached hydrogens (tertiary/aromatic N) is 4. The van der Waals surface area contributed by atoms with E-state index >= 15 is 0 Å². The van der Waals surface area contributed by atoms with Crippen LogP contribution in [0.25, 0.3) is 11.1 Å². The van der Waals surface area contributed by atoms with Gasteiger partial charge in [-0.15, -0.1) is 11.3 Å². The first-order valence-corrected chi connectivity index (χ1v) is 13.2. The van der Waals surface area contributed by atoms with Gasteiger partial charge < -0.3 is 10.6 Å². The molecular formula is C27H33N5OS. The lowest BCUT2D eigenvalue weighted by Gasteiger charge is -2.46. The summed E-state index contributed by atoms with van der Waals surface area (Å²) >= 11 is 1.63. The van der Waals surface area contributed by atoms with Crippen molar-refractivity contribution >= 4 is 23.2 Å². The van der Waals surface area contributed by atoms with Gasteiger partial charge in [0.05, 0.1) is 17.6 Å². The highest BCUT2D eigenvalue weighted by Crippen LogP contribution is 2.47. The number of amides is 1. The van der Waals surface area contributed by atoms with Gasteiger partial charge in [-0.3, -0.25) is 9.69 Å². The van der Waals surface area contributed by atoms with Crippen molar-refractivity contribution in [3.8, 4) is 17.2 Å². The van der Waals surface area contributed by atoms with Crippen molar-refractivity contribution in [3.63, 3.8) is 0 Å². The second-order valence-corrected chi connectivity index (χ2v) is 11.1. The molecule has 2 N–H and O–H groups in total. The molecule has 2 aromatic rings. The third-order valence-corrected chi connectivity index (χ3v) is 9.36. The van der Waals surface area contributed by atoms with Crippen molar-refractivity contribution in [2.24, 2.45) is 22.6 Å². The predicted molar refractivity (Wildman–Crippen MR) is 136 cm³/mol. The molecule has 6 nitrogen and oxygen atoms in total. The highest BCUT2D eigenvalue weighted by atomic mass is 32.1. The summed E-state index contributed by atoms with van der Waals surface area (Å²) in [5.41, 5.74) is 8.25. The monoisotopic (exact) mass is 475 g/mol. The van der Waals surface area contributed by atoms with E-state index in [2.05, 4.69) is 29.3 Å². The minimum absolute atomic E-state index is 0.0794. The summed E-state index contributed by atoms with van der Waals surface area (Å²) in [6.07, 6.45) is 7.38. The van der Waals surface area contributed by atoms with Gasteiger partial charge in [0.1, 0.15) is 5.54 Å². The number of nitrogens with two attached hydrogens (primary N) is 1. The largest absolute Gasteiger partial charge is 0.369 e. The molecule has 7 heteroatoms. The average Bonchev–Trinajstić information content (AvgIpc) is 3.56. The number of benzene rings is 1. The molecule has 1 saturated carbocycles. The summed E-state index contributed by atoms with van der Waals surface area (Å²) in [5.74, 6) is 0.415. The van der Waals surface area contributed by atoms with Crippen LogP contribution in [0.3, 0.4) is 0 Å². The van der Waals surface area contributed by atoms with Gasteiger partial charge in [0, 0.05) is 18.0 Å². The number of hydrogen-bond acceptors (Lipinski definition) is 6. The Morgan fingerprint density at radius 3 is 2.59 bits per heavy atom. The van der Waals surface area contributed by atoms with E-state index in [0.29, 0.717) is 5.56 Å². The van der Waals surface area contributed by atoms with Crippen molar-refractivity contribution in [2.75, 3.05) is 20.1 Å². The molecule has 1 aliphatic carbocycles. The van der Waals surface area contributed by atoms with E-state index in [4.69, 9.17) is 10.7 Å². The first kappa shape index (κ1) is 23.1. The van der Waals surface area contributed by atoms with Gasteiger partial charge in [-0.05, 0) is 86.3 Å². The summed E-state index contributed by atoms with van der Waals surface area (Å²) in [6, 6.07) is 12.7. The van der Waals surface area contributed by atoms with Crippen LogP contribution >= 0.6 is 11.3 Å². The molecule has 1 aromatic heterocycles. The van der Waals surface area contributed by atoms with Crippen LogP contribution < -0.4 is 5.73 Å². The number of carbonyl (C=O) groups is 1. The van der Waals surface area contributed by atoms with E-state index in [1.165, 1.54) is 25.7 Å². The van der Waals surface area contributed by atoms with Gasteiger partial charge >= 0.3 is 0 Å². The van der Waals surface area contributed by atoms with Gasteiger partial charge in [-0.2, -0.15) is 5.26 Å². The number of guanidine groups is 1. The maximum atomic E-state index is 13.6. The third-order valence-electron chi connectivity index (χ3n) is 8.20. The normalized spacial score (nSPS) is 27.1. The number of nitriles is 1. The van der Waals surface area contributed by atoms with Crippen molar-refractivity contribution in [1.29, 1.82) is 5.26 Å². The first-order valence-electron chi connectivity index (χ1n) is 12.4. The van der Waals surface area contributed by atoms with E-state index in [1.54, 1.807) is 23.3 Å². The number of thiophene rings is 1. The Morgan fingerprint density at radius 1 is 1.15 bits per heavy atom. The van der Waals surface area contributed by atoms with Crippen molar-refractivity contribution in [1.82, 2.24) is 9.80 Å². The molecule has 178 valence electrons. The Hall–Kier alpha value is -2.69. The predicted octanol–water partition coefficient (Wildman–Crippen LogP) is 4.56. The van der Waals surface area contributed by atoms with Crippen LogP contribution in [0.5, 0.6) is 0 Å². The molecule has 2 aliphatic heterocycles. The summed E-state index contributed by atoms with van der Waals surface area (Å²) in [7, 11) is 1.74. The summed E-state index contributed by atoms with van der Waals surface area (Å²) < 4.78 is 0. The second kappa shape index (κ2) is 9.16. The molecule has 0 spiro atoms. The van der Waals surface area contributed by atoms with Crippen LogP contribution in [-0.2, 0) is 10.3 Å². The Morgan fingerprint density at radius 2 is 1.88 bits per heavy atom. The molecule has 1 amide bonds. The van der Waals surface area contributed by atoms with E-state index in [-0.39, 0.29) is 23.7 Å². The fourth-order valence-electron chi connectivity index (χ4n) is 6.22. The zero-order valence-corrected chi connectivity index (χ0v) is 20.9. The van der Waals surface area contributed by atoms with Gasteiger partial charge in [-0.1, -0.05) is 25.0 Å². The van der Waals surface area contributed by atoms with Crippen LogP contribution in [0.4, 0.5) is 0 Å². The lowest BCUT2D eigenvalue weighted by Crippen LogP contribution is -2.57. The first-order chi connectivity index (χ1) is 16.4. The fourth-order valence-corrected chi connectivity index (χ4v) is 7.29. The smallest absolute Gasteiger partial charge is 0.235 e. The molecule has 5 rings (SSSR count). The molecule has 0 radical (unpaired) electrons. The number of likely N-dealkylation sites (tertiary alicyclic amines) is 1. The van der Waals surface area contributed by atoms with Crippen LogP contribution in [0.15, 0.2) is 40.7 Å². The highest BCUT2D eigenvalue weighted by Gasteiger charge is 2.51. The minimum atomic E-state index is -0.691. The quantitative estimate of drug-likeness (QED) is 0.702. The Labute approximate surface area is 206 Å². The second-order valence-electron chi connectivity index (χ2n) is 10.2. The standard InChI is InChI=1S/C27H33N5OS/c1-27(23-15-21(17-34-23)20-7-5-6-18(14-20)16-28)24(25(33)31(2)26(29)30-27)19-10-12-32(13-11-19)22-8-3-4-9-22/h5-7,14-15,17,19,22,24H,3-4,8-13H2,1-2H3,(H2,29,30)/t24-,27-/m1/s1. The van der Waals surface area contributed by atoms with Crippen molar-refractivity contribution < 1.29 is 4.79 Å². The topological polar surface area (TPSA) is 85.7 Å². The molecular weight excluding hydrogens is 442 g/mol. The van der Waals surface area contributed by atoms with Crippen molar-refractivity contribution in [2.45, 2.75) is 57.0 Å². The molecule has 3 aliphatic rings. The maximum absolute atomic E-state index is 13.6. The fraction of sp³-hybridized carbons (Fsp3) is 0.519. The van der Waals surface area contributed by atoms with E-state index in [1.807, 2.05) is 24.3 Å². The third kappa shape index (κ3) is 4.03. The van der Waals surface area contributed by atoms with E-state index in [0.717, 1.165) is 48.0 Å². The number of rotatable bonds is 4. The van der Waals surface area contributed by atoms with Gasteiger partial charge in [0.25, 0.3) is 0 Å². The zero-order chi connectivity index (χ0) is 23.9. The number of aliphatic imine (C=N–C) groups is 1. The van der Waals surface area contributed by atoms with Crippen LogP contribution in [-0.4, -0.2) is 47.8 Å². The molecule has 3 heterocycles. The van der Waals surface area contributed by atoms with E-state index in [9.17, 15) is 10.1 Å². The molecule has 2 fully saturated rings. The van der Waals surface area contributed by atoms with Crippen molar-refractivity contribution in [3.05, 3.63) is 46.2 Å². The summed E-state index contributed by atoms with van der Waals surface area (Å²) in [6.45, 7) is 4.21. The molecule has 0 unspecified atom stereocenters. The minimum Gasteiger partial charge on any atom is -0.369 e. The molecule has 34 heavy (non-hydrogen) atoms. The van der Waals surface area contributed by atoms with Crippen LogP contribution in [0.1, 0.15) is 55.9 Å². The lowest BCUT2D eigenvalue weighted by molar-refractivity contribution is -0.137. The Bertz CT molecular complexity index is 1140. The average molecular weight is 476 g/mol. The van der Waals surface area contributed by atoms with Gasteiger partial charge in [0.2, 0.25) is 5.91 Å². The maximum Gasteiger partial charge on any atom is 0.235 e. The Balaban J connectivity index is 1.45. The van der Waals surface area contributed by atoms with Crippen LogP contribution in [0, 0.1) is 23.2 Å². The zero-order valence-electron chi connectivity index (χ0n) is 20.0.